The number of rotatable bonds is 3. The summed E-state index contributed by atoms with van der Waals surface area (Å²) in [5.74, 6) is -0.154. The van der Waals surface area contributed by atoms with Crippen LogP contribution in [0.3, 0.4) is 0 Å². The van der Waals surface area contributed by atoms with Gasteiger partial charge in [-0.1, -0.05) is 18.2 Å². The summed E-state index contributed by atoms with van der Waals surface area (Å²) in [6.45, 7) is 0. The first kappa shape index (κ1) is 12.4. The molecule has 1 atom stereocenters. The molecule has 2 rings (SSSR count). The molecule has 0 saturated carbocycles. The molecule has 94 valence electrons. The molecule has 0 amide bonds. The summed E-state index contributed by atoms with van der Waals surface area (Å²) in [5.41, 5.74) is 6.48. The number of aromatic hydroxyl groups is 1. The normalized spacial score (nSPS) is 12.1. The number of anilines is 3. The van der Waals surface area contributed by atoms with Gasteiger partial charge in [0.1, 0.15) is 5.75 Å². The molecule has 1 unspecified atom stereocenters. The van der Waals surface area contributed by atoms with Crippen LogP contribution in [0.15, 0.2) is 48.5 Å². The Balaban J connectivity index is 2.49. The number of hydrogen-bond acceptors (Lipinski definition) is 4. The van der Waals surface area contributed by atoms with E-state index in [1.807, 2.05) is 0 Å². The summed E-state index contributed by atoms with van der Waals surface area (Å²) in [6, 6.07) is 12.8. The number of phenols is 1. The topological polar surface area (TPSA) is 89.6 Å². The minimum Gasteiger partial charge on any atom is -0.755 e. The predicted molar refractivity (Wildman–Crippen MR) is 70.0 cm³/mol. The summed E-state index contributed by atoms with van der Waals surface area (Å²) < 4.78 is 23.7. The zero-order chi connectivity index (χ0) is 13.1. The van der Waals surface area contributed by atoms with Crippen molar-refractivity contribution in [3.05, 3.63) is 48.5 Å². The fourth-order valence-electron chi connectivity index (χ4n) is 1.54. The molecular weight excluding hydrogens is 252 g/mol. The van der Waals surface area contributed by atoms with E-state index in [4.69, 9.17) is 5.73 Å². The molecule has 2 aromatic rings. The van der Waals surface area contributed by atoms with Gasteiger partial charge in [-0.05, 0) is 24.3 Å². The molecule has 0 heterocycles. The van der Waals surface area contributed by atoms with Gasteiger partial charge in [0.15, 0.2) is 0 Å². The Morgan fingerprint density at radius 1 is 1.11 bits per heavy atom. The van der Waals surface area contributed by atoms with Gasteiger partial charge in [-0.3, -0.25) is 8.51 Å². The van der Waals surface area contributed by atoms with Crippen LogP contribution in [0, 0.1) is 0 Å². The van der Waals surface area contributed by atoms with E-state index >= 15 is 0 Å². The molecule has 2 aromatic carbocycles. The molecule has 0 fully saturated rings. The lowest BCUT2D eigenvalue weighted by Crippen LogP contribution is -2.19. The Hall–Kier alpha value is -2.05. The molecule has 6 heteroatoms. The Morgan fingerprint density at radius 2 is 1.78 bits per heavy atom. The molecule has 5 nitrogen and oxygen atoms in total. The van der Waals surface area contributed by atoms with Gasteiger partial charge in [-0.2, -0.15) is 0 Å². The third-order valence-corrected chi connectivity index (χ3v) is 3.11. The van der Waals surface area contributed by atoms with Crippen molar-refractivity contribution in [3.63, 3.8) is 0 Å². The molecule has 0 bridgehead atoms. The van der Waals surface area contributed by atoms with Crippen LogP contribution in [-0.4, -0.2) is 13.9 Å². The SMILES string of the molecule is Nc1ccc(N(c2ccccc2)S(=O)[O-])cc1O. The van der Waals surface area contributed by atoms with Crippen molar-refractivity contribution >= 4 is 28.3 Å². The van der Waals surface area contributed by atoms with Crippen molar-refractivity contribution in [1.82, 2.24) is 0 Å². The maximum absolute atomic E-state index is 11.3. The largest absolute Gasteiger partial charge is 0.755 e. The van der Waals surface area contributed by atoms with Crippen LogP contribution < -0.4 is 10.0 Å². The van der Waals surface area contributed by atoms with E-state index in [0.29, 0.717) is 11.4 Å². The molecule has 18 heavy (non-hydrogen) atoms. The smallest absolute Gasteiger partial charge is 0.140 e. The van der Waals surface area contributed by atoms with E-state index in [0.717, 1.165) is 4.31 Å². The molecule has 0 aliphatic carbocycles. The zero-order valence-corrected chi connectivity index (χ0v) is 10.1. The van der Waals surface area contributed by atoms with E-state index in [9.17, 15) is 13.9 Å². The molecule has 0 aromatic heterocycles. The van der Waals surface area contributed by atoms with Crippen molar-refractivity contribution in [1.29, 1.82) is 0 Å². The van der Waals surface area contributed by atoms with Gasteiger partial charge in [0.05, 0.1) is 28.3 Å². The van der Waals surface area contributed by atoms with Gasteiger partial charge in [-0.15, -0.1) is 0 Å². The fraction of sp³-hybridized carbons (Fsp3) is 0. The van der Waals surface area contributed by atoms with Crippen molar-refractivity contribution < 1.29 is 13.9 Å². The van der Waals surface area contributed by atoms with Crippen molar-refractivity contribution in [2.75, 3.05) is 10.0 Å². The quantitative estimate of drug-likeness (QED) is 0.503. The first-order valence-electron chi connectivity index (χ1n) is 5.12. The van der Waals surface area contributed by atoms with Crippen LogP contribution in [-0.2, 0) is 11.3 Å². The van der Waals surface area contributed by atoms with E-state index in [2.05, 4.69) is 0 Å². The molecular formula is C12H11N2O3S-. The Kier molecular flexibility index (Phi) is 3.50. The van der Waals surface area contributed by atoms with E-state index in [1.165, 1.54) is 18.2 Å². The minimum atomic E-state index is -2.49. The zero-order valence-electron chi connectivity index (χ0n) is 9.32. The molecule has 0 saturated heterocycles. The fourth-order valence-corrected chi connectivity index (χ4v) is 2.12. The second kappa shape index (κ2) is 5.07. The van der Waals surface area contributed by atoms with E-state index in [1.54, 1.807) is 30.3 Å². The average Bonchev–Trinajstić information content (AvgIpc) is 2.35. The second-order valence-electron chi connectivity index (χ2n) is 3.59. The molecule has 0 spiro atoms. The summed E-state index contributed by atoms with van der Waals surface area (Å²) in [6.07, 6.45) is 0. The lowest BCUT2D eigenvalue weighted by molar-refractivity contribution is 0.478. The molecule has 0 radical (unpaired) electrons. The van der Waals surface area contributed by atoms with Crippen molar-refractivity contribution in [3.8, 4) is 5.75 Å². The minimum absolute atomic E-state index is 0.154. The van der Waals surface area contributed by atoms with Gasteiger partial charge < -0.3 is 15.4 Å². The average molecular weight is 263 g/mol. The summed E-state index contributed by atoms with van der Waals surface area (Å²) in [5, 5.41) is 9.53. The van der Waals surface area contributed by atoms with E-state index < -0.39 is 11.3 Å². The second-order valence-corrected chi connectivity index (χ2v) is 4.39. The van der Waals surface area contributed by atoms with Crippen LogP contribution in [0.2, 0.25) is 0 Å². The third kappa shape index (κ3) is 2.44. The maximum Gasteiger partial charge on any atom is 0.140 e. The monoisotopic (exact) mass is 263 g/mol. The molecule has 0 aliphatic heterocycles. The third-order valence-electron chi connectivity index (χ3n) is 2.39. The van der Waals surface area contributed by atoms with Gasteiger partial charge >= 0.3 is 0 Å². The number of nitrogens with zero attached hydrogens (tertiary/aromatic N) is 1. The Bertz CT molecular complexity index is 575. The van der Waals surface area contributed by atoms with Crippen LogP contribution in [0.25, 0.3) is 0 Å². The number of nitrogens with two attached hydrogens (primary N) is 1. The summed E-state index contributed by atoms with van der Waals surface area (Å²) >= 11 is -2.49. The van der Waals surface area contributed by atoms with Gasteiger partial charge in [0.25, 0.3) is 0 Å². The Labute approximate surface area is 107 Å². The van der Waals surface area contributed by atoms with Crippen LogP contribution in [0.5, 0.6) is 5.75 Å². The van der Waals surface area contributed by atoms with Gasteiger partial charge in [0, 0.05) is 6.07 Å². The first-order valence-corrected chi connectivity index (χ1v) is 6.16. The Morgan fingerprint density at radius 3 is 2.33 bits per heavy atom. The van der Waals surface area contributed by atoms with Crippen LogP contribution >= 0.6 is 0 Å². The summed E-state index contributed by atoms with van der Waals surface area (Å²) in [7, 11) is 0. The van der Waals surface area contributed by atoms with Gasteiger partial charge in [0.2, 0.25) is 0 Å². The number of nitrogen functional groups attached to an aromatic ring is 1. The van der Waals surface area contributed by atoms with Crippen molar-refractivity contribution in [2.45, 2.75) is 0 Å². The number of para-hydroxylation sites is 1. The molecule has 0 aliphatic rings. The number of benzene rings is 2. The van der Waals surface area contributed by atoms with Crippen LogP contribution in [0.4, 0.5) is 17.1 Å². The lowest BCUT2D eigenvalue weighted by atomic mass is 10.2. The highest BCUT2D eigenvalue weighted by molar-refractivity contribution is 7.81. The van der Waals surface area contributed by atoms with Gasteiger partial charge in [-0.25, -0.2) is 0 Å². The number of hydrogen-bond donors (Lipinski definition) is 2. The number of phenolic OH excluding ortho intramolecular Hbond substituents is 1. The first-order chi connectivity index (χ1) is 8.59. The summed E-state index contributed by atoms with van der Waals surface area (Å²) in [4.78, 5) is 0. The van der Waals surface area contributed by atoms with E-state index in [-0.39, 0.29) is 11.4 Å². The van der Waals surface area contributed by atoms with Crippen LogP contribution in [0.1, 0.15) is 0 Å². The maximum atomic E-state index is 11.3. The lowest BCUT2D eigenvalue weighted by Gasteiger charge is -2.26. The molecule has 3 N–H and O–H groups in total. The highest BCUT2D eigenvalue weighted by Gasteiger charge is 2.11. The standard InChI is InChI=1S/C12H12N2O3S/c13-11-7-6-10(8-12(11)15)14(18(16)17)9-4-2-1-3-5-9/h1-8,15H,13H2,(H,16,17)/p-1. The predicted octanol–water partition coefficient (Wildman–Crippen LogP) is 1.91. The van der Waals surface area contributed by atoms with Crippen molar-refractivity contribution in [2.24, 2.45) is 0 Å². The highest BCUT2D eigenvalue weighted by Crippen LogP contribution is 2.31. The highest BCUT2D eigenvalue weighted by atomic mass is 32.2.